The number of hydrogen-bond acceptors (Lipinski definition) is 6. The van der Waals surface area contributed by atoms with Gasteiger partial charge in [-0.15, -0.1) is 21.5 Å². The van der Waals surface area contributed by atoms with Crippen LogP contribution in [0, 0.1) is 0 Å². The molecular formula is C17H15N5O2S. The van der Waals surface area contributed by atoms with Gasteiger partial charge in [0, 0.05) is 18.3 Å². The van der Waals surface area contributed by atoms with Crippen LogP contribution < -0.4 is 16.0 Å². The van der Waals surface area contributed by atoms with Crippen molar-refractivity contribution in [2.75, 3.05) is 16.0 Å². The van der Waals surface area contributed by atoms with Gasteiger partial charge in [0.2, 0.25) is 5.91 Å². The number of carbonyl (C=O) groups excluding carboxylic acids is 2. The van der Waals surface area contributed by atoms with E-state index in [4.69, 9.17) is 0 Å². The lowest BCUT2D eigenvalue weighted by Crippen LogP contribution is -2.12. The molecule has 0 unspecified atom stereocenters. The standard InChI is InChI=1S/C17H15N5O2S/c1-11(23)18-12-4-6-13(7-5-12)19-15-8-9-16(22-21-15)20-17(24)14-3-2-10-25-14/h2-10H,1H3,(H,18,23)(H,19,21)(H,20,22,24). The van der Waals surface area contributed by atoms with Gasteiger partial charge in [0.25, 0.3) is 5.91 Å². The summed E-state index contributed by atoms with van der Waals surface area (Å²) in [5, 5.41) is 18.3. The predicted molar refractivity (Wildman–Crippen MR) is 98.3 cm³/mol. The number of thiophene rings is 1. The van der Waals surface area contributed by atoms with Crippen molar-refractivity contribution in [1.29, 1.82) is 0 Å². The molecule has 3 rings (SSSR count). The Labute approximate surface area is 148 Å². The fraction of sp³-hybridized carbons (Fsp3) is 0.0588. The molecule has 2 amide bonds. The number of amides is 2. The lowest BCUT2D eigenvalue weighted by Gasteiger charge is -2.07. The van der Waals surface area contributed by atoms with E-state index in [9.17, 15) is 9.59 Å². The number of nitrogens with zero attached hydrogens (tertiary/aromatic N) is 2. The maximum Gasteiger partial charge on any atom is 0.266 e. The monoisotopic (exact) mass is 353 g/mol. The number of hydrogen-bond donors (Lipinski definition) is 3. The highest BCUT2D eigenvalue weighted by Gasteiger charge is 2.08. The van der Waals surface area contributed by atoms with Crippen LogP contribution in [-0.4, -0.2) is 22.0 Å². The van der Waals surface area contributed by atoms with Crippen LogP contribution in [0.4, 0.5) is 23.0 Å². The van der Waals surface area contributed by atoms with Crippen LogP contribution in [0.3, 0.4) is 0 Å². The van der Waals surface area contributed by atoms with E-state index in [1.807, 2.05) is 23.6 Å². The minimum Gasteiger partial charge on any atom is -0.339 e. The summed E-state index contributed by atoms with van der Waals surface area (Å²) in [6.45, 7) is 1.46. The minimum atomic E-state index is -0.210. The van der Waals surface area contributed by atoms with Crippen molar-refractivity contribution in [3.8, 4) is 0 Å². The van der Waals surface area contributed by atoms with Gasteiger partial charge >= 0.3 is 0 Å². The van der Waals surface area contributed by atoms with E-state index in [0.29, 0.717) is 16.5 Å². The average molecular weight is 353 g/mol. The number of aromatic nitrogens is 2. The highest BCUT2D eigenvalue weighted by Crippen LogP contribution is 2.18. The Kier molecular flexibility index (Phi) is 5.00. The van der Waals surface area contributed by atoms with Crippen molar-refractivity contribution >= 4 is 46.2 Å². The van der Waals surface area contributed by atoms with Gasteiger partial charge in [-0.05, 0) is 47.8 Å². The molecule has 0 atom stereocenters. The lowest BCUT2D eigenvalue weighted by atomic mass is 10.2. The van der Waals surface area contributed by atoms with E-state index >= 15 is 0 Å². The smallest absolute Gasteiger partial charge is 0.266 e. The second kappa shape index (κ2) is 7.54. The first-order chi connectivity index (χ1) is 12.1. The van der Waals surface area contributed by atoms with Crippen molar-refractivity contribution in [2.24, 2.45) is 0 Å². The van der Waals surface area contributed by atoms with Gasteiger partial charge in [0.15, 0.2) is 11.6 Å². The molecule has 25 heavy (non-hydrogen) atoms. The Bertz CT molecular complexity index is 861. The molecule has 2 heterocycles. The maximum atomic E-state index is 11.9. The molecule has 0 aliphatic rings. The summed E-state index contributed by atoms with van der Waals surface area (Å²) in [4.78, 5) is 23.6. The third-order valence-electron chi connectivity index (χ3n) is 3.13. The van der Waals surface area contributed by atoms with Crippen LogP contribution in [0.25, 0.3) is 0 Å². The van der Waals surface area contributed by atoms with Crippen LogP contribution in [-0.2, 0) is 4.79 Å². The maximum absolute atomic E-state index is 11.9. The lowest BCUT2D eigenvalue weighted by molar-refractivity contribution is -0.114. The predicted octanol–water partition coefficient (Wildman–Crippen LogP) is 3.49. The highest BCUT2D eigenvalue weighted by atomic mass is 32.1. The van der Waals surface area contributed by atoms with Gasteiger partial charge in [-0.25, -0.2) is 0 Å². The van der Waals surface area contributed by atoms with E-state index in [1.54, 1.807) is 30.3 Å². The molecule has 3 aromatic rings. The number of carbonyl (C=O) groups is 2. The average Bonchev–Trinajstić information content (AvgIpc) is 3.13. The van der Waals surface area contributed by atoms with Gasteiger partial charge in [0.05, 0.1) is 4.88 Å². The molecule has 0 saturated heterocycles. The third-order valence-corrected chi connectivity index (χ3v) is 4.00. The van der Waals surface area contributed by atoms with Crippen molar-refractivity contribution in [3.05, 3.63) is 58.8 Å². The van der Waals surface area contributed by atoms with Crippen LogP contribution in [0.5, 0.6) is 0 Å². The minimum absolute atomic E-state index is 0.119. The Morgan fingerprint density at radius 3 is 2.16 bits per heavy atom. The number of benzene rings is 1. The molecule has 1 aromatic carbocycles. The van der Waals surface area contributed by atoms with Crippen LogP contribution in [0.15, 0.2) is 53.9 Å². The summed E-state index contributed by atoms with van der Waals surface area (Å²) in [7, 11) is 0. The Balaban J connectivity index is 1.60. The first kappa shape index (κ1) is 16.6. The fourth-order valence-corrected chi connectivity index (χ4v) is 2.66. The van der Waals surface area contributed by atoms with Crippen LogP contribution in [0.2, 0.25) is 0 Å². The molecule has 2 aromatic heterocycles. The summed E-state index contributed by atoms with van der Waals surface area (Å²) in [5.74, 6) is 0.594. The first-order valence-electron chi connectivity index (χ1n) is 7.43. The highest BCUT2D eigenvalue weighted by molar-refractivity contribution is 7.12. The molecular weight excluding hydrogens is 338 g/mol. The van der Waals surface area contributed by atoms with Crippen LogP contribution in [0.1, 0.15) is 16.6 Å². The number of nitrogens with one attached hydrogen (secondary N) is 3. The number of anilines is 4. The van der Waals surface area contributed by atoms with Gasteiger partial charge in [-0.3, -0.25) is 9.59 Å². The molecule has 0 fully saturated rings. The molecule has 0 bridgehead atoms. The summed E-state index contributed by atoms with van der Waals surface area (Å²) in [6, 6.07) is 14.2. The molecule has 0 saturated carbocycles. The Hall–Kier alpha value is -3.26. The molecule has 7 nitrogen and oxygen atoms in total. The molecule has 0 radical (unpaired) electrons. The summed E-state index contributed by atoms with van der Waals surface area (Å²) in [6.07, 6.45) is 0. The summed E-state index contributed by atoms with van der Waals surface area (Å²) < 4.78 is 0. The topological polar surface area (TPSA) is 96.0 Å². The molecule has 3 N–H and O–H groups in total. The zero-order valence-corrected chi connectivity index (χ0v) is 14.1. The summed E-state index contributed by atoms with van der Waals surface area (Å²) >= 11 is 1.36. The van der Waals surface area contributed by atoms with Crippen LogP contribution >= 0.6 is 11.3 Å². The van der Waals surface area contributed by atoms with E-state index in [0.717, 1.165) is 11.4 Å². The fourth-order valence-electron chi connectivity index (χ4n) is 2.04. The Morgan fingerprint density at radius 2 is 1.56 bits per heavy atom. The third kappa shape index (κ3) is 4.61. The van der Waals surface area contributed by atoms with Crippen molar-refractivity contribution in [1.82, 2.24) is 10.2 Å². The van der Waals surface area contributed by atoms with Crippen molar-refractivity contribution in [2.45, 2.75) is 6.92 Å². The Morgan fingerprint density at radius 1 is 0.880 bits per heavy atom. The van der Waals surface area contributed by atoms with Crippen molar-refractivity contribution in [3.63, 3.8) is 0 Å². The first-order valence-corrected chi connectivity index (χ1v) is 8.31. The van der Waals surface area contributed by atoms with Gasteiger partial charge in [-0.1, -0.05) is 6.07 Å². The molecule has 8 heteroatoms. The van der Waals surface area contributed by atoms with E-state index in [-0.39, 0.29) is 11.8 Å². The second-order valence-corrected chi connectivity index (χ2v) is 6.07. The molecule has 0 spiro atoms. The van der Waals surface area contributed by atoms with E-state index < -0.39 is 0 Å². The number of rotatable bonds is 5. The largest absolute Gasteiger partial charge is 0.339 e. The quantitative estimate of drug-likeness (QED) is 0.652. The zero-order chi connectivity index (χ0) is 17.6. The zero-order valence-electron chi connectivity index (χ0n) is 13.3. The van der Waals surface area contributed by atoms with Gasteiger partial charge in [-0.2, -0.15) is 0 Å². The SMILES string of the molecule is CC(=O)Nc1ccc(Nc2ccc(NC(=O)c3cccs3)nn2)cc1. The second-order valence-electron chi connectivity index (χ2n) is 5.12. The van der Waals surface area contributed by atoms with E-state index in [2.05, 4.69) is 26.1 Å². The van der Waals surface area contributed by atoms with Crippen molar-refractivity contribution < 1.29 is 9.59 Å². The molecule has 0 aliphatic carbocycles. The van der Waals surface area contributed by atoms with Gasteiger partial charge < -0.3 is 16.0 Å². The summed E-state index contributed by atoms with van der Waals surface area (Å²) in [5.41, 5.74) is 1.52. The van der Waals surface area contributed by atoms with Gasteiger partial charge in [0.1, 0.15) is 0 Å². The molecule has 0 aliphatic heterocycles. The van der Waals surface area contributed by atoms with E-state index in [1.165, 1.54) is 18.3 Å². The molecule has 126 valence electrons. The normalized spacial score (nSPS) is 10.1.